The number of alkyl halides is 3. The predicted octanol–water partition coefficient (Wildman–Crippen LogP) is 1.23. The van der Waals surface area contributed by atoms with Crippen LogP contribution in [0.2, 0.25) is 0 Å². The summed E-state index contributed by atoms with van der Waals surface area (Å²) in [5.74, 6) is 1.30. The summed E-state index contributed by atoms with van der Waals surface area (Å²) in [6.07, 6.45) is -4.21. The molecule has 2 aliphatic heterocycles. The summed E-state index contributed by atoms with van der Waals surface area (Å²) in [6, 6.07) is 0. The minimum Gasteiger partial charge on any atom is -0.465 e. The van der Waals surface area contributed by atoms with E-state index in [0.29, 0.717) is 18.3 Å². The Balaban J connectivity index is 0.000000225. The zero-order valence-corrected chi connectivity index (χ0v) is 16.8. The van der Waals surface area contributed by atoms with Gasteiger partial charge in [-0.2, -0.15) is 13.2 Å². The molecule has 9 nitrogen and oxygen atoms in total. The van der Waals surface area contributed by atoms with Crippen molar-refractivity contribution < 1.29 is 47.8 Å². The van der Waals surface area contributed by atoms with E-state index in [-0.39, 0.29) is 18.5 Å². The van der Waals surface area contributed by atoms with E-state index >= 15 is 0 Å². The van der Waals surface area contributed by atoms with Crippen molar-refractivity contribution >= 4 is 19.3 Å². The molecule has 174 valence electrons. The number of aliphatic hydroxyl groups is 1. The van der Waals surface area contributed by atoms with E-state index in [2.05, 4.69) is 4.74 Å². The van der Waals surface area contributed by atoms with Crippen molar-refractivity contribution in [3.05, 3.63) is 11.5 Å². The highest BCUT2D eigenvalue weighted by Gasteiger charge is 2.53. The number of hydrogen-bond acceptors (Lipinski definition) is 6. The lowest BCUT2D eigenvalue weighted by Gasteiger charge is -2.56. The second-order valence-electron chi connectivity index (χ2n) is 9.04. The lowest BCUT2D eigenvalue weighted by Crippen LogP contribution is -2.62. The van der Waals surface area contributed by atoms with Crippen molar-refractivity contribution in [2.75, 3.05) is 32.8 Å². The molecule has 0 radical (unpaired) electrons. The fraction of sp³-hybridized carbons (Fsp3) is 0.778. The van der Waals surface area contributed by atoms with Crippen LogP contribution in [-0.4, -0.2) is 94.4 Å². The Kier molecular flexibility index (Phi) is 6.50. The first kappa shape index (κ1) is 23.7. The third-order valence-electron chi connectivity index (χ3n) is 6.41. The highest BCUT2D eigenvalue weighted by molar-refractivity contribution is 6.47. The molecule has 2 aliphatic carbocycles. The van der Waals surface area contributed by atoms with Gasteiger partial charge in [0.2, 0.25) is 6.10 Å². The van der Waals surface area contributed by atoms with Crippen LogP contribution in [0.1, 0.15) is 32.1 Å². The van der Waals surface area contributed by atoms with E-state index in [4.69, 9.17) is 20.3 Å². The van der Waals surface area contributed by atoms with E-state index in [0.717, 1.165) is 23.6 Å². The molecule has 4 N–H and O–H groups in total. The van der Waals surface area contributed by atoms with Crippen LogP contribution in [0.5, 0.6) is 0 Å². The molecule has 13 heteroatoms. The maximum atomic E-state index is 12.4. The van der Waals surface area contributed by atoms with Crippen LogP contribution >= 0.6 is 0 Å². The van der Waals surface area contributed by atoms with E-state index < -0.39 is 38.2 Å². The molecular weight excluding hydrogens is 424 g/mol. The number of allylic oxidation sites excluding steroid dienone is 1. The summed E-state index contributed by atoms with van der Waals surface area (Å²) < 4.78 is 41.3. The summed E-state index contributed by atoms with van der Waals surface area (Å²) >= 11 is 0. The third kappa shape index (κ3) is 5.26. The largest absolute Gasteiger partial charge is 0.480 e. The van der Waals surface area contributed by atoms with Gasteiger partial charge in [0.05, 0.1) is 6.61 Å². The molecule has 0 bridgehead atoms. The predicted molar refractivity (Wildman–Crippen MR) is 101 cm³/mol. The molecule has 4 aliphatic rings. The first-order chi connectivity index (χ1) is 14.4. The van der Waals surface area contributed by atoms with E-state index in [1.807, 2.05) is 0 Å². The van der Waals surface area contributed by atoms with Crippen molar-refractivity contribution in [1.29, 1.82) is 0 Å². The maximum Gasteiger partial charge on any atom is 0.480 e. The number of hydrogen-bond donors (Lipinski definition) is 4. The lowest BCUT2D eigenvalue weighted by molar-refractivity contribution is -0.217. The van der Waals surface area contributed by atoms with Crippen LogP contribution in [-0.2, 0) is 4.74 Å². The molecule has 2 amide bonds. The Hall–Kier alpha value is -1.99. The number of rotatable bonds is 3. The van der Waals surface area contributed by atoms with Gasteiger partial charge < -0.3 is 34.8 Å². The fourth-order valence-electron chi connectivity index (χ4n) is 4.65. The number of likely N-dealkylation sites (tertiary alicyclic amines) is 2. The molecule has 4 fully saturated rings. The Labute approximate surface area is 177 Å². The highest BCUT2D eigenvalue weighted by atomic mass is 19.4. The van der Waals surface area contributed by atoms with Gasteiger partial charge in [-0.15, -0.1) is 0 Å². The molecule has 4 rings (SSSR count). The zero-order valence-electron chi connectivity index (χ0n) is 16.8. The Bertz CT molecular complexity index is 718. The number of nitrogens with zero attached hydrogens (tertiary/aromatic N) is 2. The van der Waals surface area contributed by atoms with Gasteiger partial charge in [0, 0.05) is 37.0 Å². The zero-order chi connectivity index (χ0) is 23.0. The van der Waals surface area contributed by atoms with Crippen LogP contribution in [0, 0.1) is 10.8 Å². The molecule has 0 aromatic heterocycles. The van der Waals surface area contributed by atoms with Gasteiger partial charge in [-0.1, -0.05) is 18.0 Å². The number of carbonyl (C=O) groups excluding carboxylic acids is 1. The Morgan fingerprint density at radius 1 is 1.10 bits per heavy atom. The molecule has 1 atom stereocenters. The van der Waals surface area contributed by atoms with E-state index in [1.54, 1.807) is 0 Å². The van der Waals surface area contributed by atoms with Crippen LogP contribution in [0.15, 0.2) is 11.5 Å². The van der Waals surface area contributed by atoms with Gasteiger partial charge in [0.25, 0.3) is 0 Å². The summed E-state index contributed by atoms with van der Waals surface area (Å²) in [6.45, 7) is 0.807. The molecule has 2 spiro atoms. The Morgan fingerprint density at radius 2 is 1.65 bits per heavy atom. The average molecular weight is 450 g/mol. The van der Waals surface area contributed by atoms with Crippen molar-refractivity contribution in [2.45, 2.75) is 44.4 Å². The van der Waals surface area contributed by atoms with E-state index in [9.17, 15) is 22.8 Å². The first-order valence-electron chi connectivity index (χ1n) is 10.0. The normalized spacial score (nSPS) is 23.4. The molecule has 2 saturated heterocycles. The number of halogens is 3. The second-order valence-corrected chi connectivity index (χ2v) is 9.04. The van der Waals surface area contributed by atoms with Crippen molar-refractivity contribution in [3.63, 3.8) is 0 Å². The number of aliphatic hydroxyl groups excluding tert-OH is 1. The lowest BCUT2D eigenvalue weighted by atomic mass is 9.59. The smallest absolute Gasteiger partial charge is 0.465 e. The third-order valence-corrected chi connectivity index (χ3v) is 6.41. The highest BCUT2D eigenvalue weighted by Crippen LogP contribution is 2.51. The molecular formula is C18H26BF3N2O7. The van der Waals surface area contributed by atoms with Crippen LogP contribution < -0.4 is 0 Å². The number of amides is 2. The number of ether oxygens (including phenoxy) is 1. The fourth-order valence-corrected chi connectivity index (χ4v) is 4.65. The monoisotopic (exact) mass is 450 g/mol. The summed E-state index contributed by atoms with van der Waals surface area (Å²) in [7, 11) is -1.52. The number of carbonyl (C=O) groups is 2. The standard InChI is InChI=1S/C11H15BF3NO5.C7H11NO2/c13-11(14,15)8(4-17)21-9(18)16-5-10(6-16)1-7(2-10)3-12(19)20;9-6(10)8-4-7(5-8)2-1-3-7/h3,8,17,19-20H,1-2,4-6H2;1-5H2,(H,9,10)/t8-;/m1./s1. The van der Waals surface area contributed by atoms with Gasteiger partial charge in [-0.25, -0.2) is 9.59 Å². The van der Waals surface area contributed by atoms with Crippen molar-refractivity contribution in [3.8, 4) is 0 Å². The summed E-state index contributed by atoms with van der Waals surface area (Å²) in [5.41, 5.74) is 1.10. The number of carboxylic acid groups (broad SMARTS) is 1. The minimum absolute atomic E-state index is 0.188. The summed E-state index contributed by atoms with van der Waals surface area (Å²) in [5, 5.41) is 34.6. The topological polar surface area (TPSA) is 131 Å². The Morgan fingerprint density at radius 3 is 2.03 bits per heavy atom. The van der Waals surface area contributed by atoms with E-state index in [1.165, 1.54) is 30.1 Å². The van der Waals surface area contributed by atoms with Gasteiger partial charge in [0.15, 0.2) is 0 Å². The van der Waals surface area contributed by atoms with Crippen LogP contribution in [0.3, 0.4) is 0 Å². The molecule has 31 heavy (non-hydrogen) atoms. The average Bonchev–Trinajstić information content (AvgIpc) is 2.49. The first-order valence-corrected chi connectivity index (χ1v) is 10.0. The quantitative estimate of drug-likeness (QED) is 0.476. The SMILES string of the molecule is O=C(O)N1CC2(CCC2)C1.O=C(O[C@H](CO)C(F)(F)F)N1CC2(CC(=CB(O)O)C2)C1. The van der Waals surface area contributed by atoms with Crippen molar-refractivity contribution in [2.24, 2.45) is 10.8 Å². The van der Waals surface area contributed by atoms with Gasteiger partial charge in [-0.05, 0) is 25.7 Å². The van der Waals surface area contributed by atoms with Crippen LogP contribution in [0.25, 0.3) is 0 Å². The van der Waals surface area contributed by atoms with Crippen molar-refractivity contribution in [1.82, 2.24) is 9.80 Å². The van der Waals surface area contributed by atoms with Crippen LogP contribution in [0.4, 0.5) is 22.8 Å². The molecule has 2 saturated carbocycles. The summed E-state index contributed by atoms with van der Waals surface area (Å²) in [4.78, 5) is 24.5. The van der Waals surface area contributed by atoms with Gasteiger partial charge in [-0.3, -0.25) is 0 Å². The molecule has 0 aromatic rings. The molecule has 0 unspecified atom stereocenters. The molecule has 2 heterocycles. The van der Waals surface area contributed by atoms with Gasteiger partial charge in [0.1, 0.15) is 0 Å². The molecule has 0 aromatic carbocycles. The minimum atomic E-state index is -4.80. The second kappa shape index (κ2) is 8.51. The maximum absolute atomic E-state index is 12.4. The van der Waals surface area contributed by atoms with Gasteiger partial charge >= 0.3 is 25.5 Å².